The lowest BCUT2D eigenvalue weighted by atomic mass is 10.2. The lowest BCUT2D eigenvalue weighted by Gasteiger charge is -1.98. The van der Waals surface area contributed by atoms with Gasteiger partial charge in [0.1, 0.15) is 0 Å². The van der Waals surface area contributed by atoms with Crippen LogP contribution in [-0.4, -0.2) is 10.1 Å². The largest absolute Gasteiger partial charge is 0.398 e. The van der Waals surface area contributed by atoms with Gasteiger partial charge < -0.3 is 10.3 Å². The highest BCUT2D eigenvalue weighted by Crippen LogP contribution is 2.28. The van der Waals surface area contributed by atoms with Gasteiger partial charge in [-0.05, 0) is 30.3 Å². The van der Waals surface area contributed by atoms with Crippen molar-refractivity contribution in [3.63, 3.8) is 0 Å². The van der Waals surface area contributed by atoms with Gasteiger partial charge >= 0.3 is 0 Å². The molecule has 0 amide bonds. The Morgan fingerprint density at radius 1 is 1.00 bits per heavy atom. The van der Waals surface area contributed by atoms with E-state index in [0.29, 0.717) is 33.0 Å². The zero-order chi connectivity index (χ0) is 14.1. The number of hydrogen-bond donors (Lipinski definition) is 1. The maximum Gasteiger partial charge on any atom is 0.258 e. The molecule has 0 spiro atoms. The van der Waals surface area contributed by atoms with E-state index in [0.717, 1.165) is 5.56 Å². The fourth-order valence-corrected chi connectivity index (χ4v) is 2.12. The maximum absolute atomic E-state index is 5.98. The molecule has 1 aromatic heterocycles. The average Bonchev–Trinajstić information content (AvgIpc) is 2.92. The third-order valence-electron chi connectivity index (χ3n) is 2.76. The molecule has 0 saturated carbocycles. The van der Waals surface area contributed by atoms with E-state index >= 15 is 0 Å². The fraction of sp³-hybridized carbons (Fsp3) is 0. The first-order valence-electron chi connectivity index (χ1n) is 5.78. The van der Waals surface area contributed by atoms with Crippen molar-refractivity contribution in [2.24, 2.45) is 0 Å². The number of nitrogen functional groups attached to an aromatic ring is 1. The summed E-state index contributed by atoms with van der Waals surface area (Å²) in [6, 6.07) is 12.4. The summed E-state index contributed by atoms with van der Waals surface area (Å²) in [5.74, 6) is 0.845. The summed E-state index contributed by atoms with van der Waals surface area (Å²) >= 11 is 11.9. The van der Waals surface area contributed by atoms with Crippen molar-refractivity contribution in [3.8, 4) is 22.8 Å². The highest BCUT2D eigenvalue weighted by molar-refractivity contribution is 6.33. The van der Waals surface area contributed by atoms with Gasteiger partial charge in [-0.1, -0.05) is 40.5 Å². The highest BCUT2D eigenvalue weighted by Gasteiger charge is 2.11. The van der Waals surface area contributed by atoms with Crippen molar-refractivity contribution < 1.29 is 4.52 Å². The van der Waals surface area contributed by atoms with Crippen LogP contribution in [-0.2, 0) is 0 Å². The topological polar surface area (TPSA) is 64.9 Å². The van der Waals surface area contributed by atoms with E-state index in [2.05, 4.69) is 10.1 Å². The SMILES string of the molecule is Nc1ccc(-c2nc(-c3cccc(Cl)c3)no2)cc1Cl. The van der Waals surface area contributed by atoms with E-state index in [1.807, 2.05) is 12.1 Å². The molecule has 3 rings (SSSR count). The molecule has 20 heavy (non-hydrogen) atoms. The molecule has 100 valence electrons. The molecule has 0 unspecified atom stereocenters. The molecule has 2 N–H and O–H groups in total. The Bertz CT molecular complexity index is 771. The van der Waals surface area contributed by atoms with Crippen molar-refractivity contribution >= 4 is 28.9 Å². The van der Waals surface area contributed by atoms with Crippen LogP contribution in [0.4, 0.5) is 5.69 Å². The number of aromatic nitrogens is 2. The van der Waals surface area contributed by atoms with Crippen LogP contribution in [0.1, 0.15) is 0 Å². The second kappa shape index (κ2) is 5.15. The molecule has 0 saturated heterocycles. The van der Waals surface area contributed by atoms with E-state index in [1.165, 1.54) is 0 Å². The van der Waals surface area contributed by atoms with Gasteiger partial charge in [0.25, 0.3) is 5.89 Å². The molecule has 6 heteroatoms. The van der Waals surface area contributed by atoms with Crippen LogP contribution < -0.4 is 5.73 Å². The third-order valence-corrected chi connectivity index (χ3v) is 3.32. The molecule has 0 aliphatic carbocycles. The van der Waals surface area contributed by atoms with Gasteiger partial charge in [0.2, 0.25) is 5.82 Å². The summed E-state index contributed by atoms with van der Waals surface area (Å²) in [5.41, 5.74) is 7.67. The van der Waals surface area contributed by atoms with Crippen molar-refractivity contribution in [3.05, 3.63) is 52.5 Å². The van der Waals surface area contributed by atoms with E-state index in [1.54, 1.807) is 30.3 Å². The second-order valence-electron chi connectivity index (χ2n) is 4.17. The molecule has 0 atom stereocenters. The van der Waals surface area contributed by atoms with Crippen molar-refractivity contribution in [1.29, 1.82) is 0 Å². The van der Waals surface area contributed by atoms with Gasteiger partial charge in [-0.2, -0.15) is 4.98 Å². The first-order chi connectivity index (χ1) is 9.63. The highest BCUT2D eigenvalue weighted by atomic mass is 35.5. The molecular weight excluding hydrogens is 297 g/mol. The van der Waals surface area contributed by atoms with E-state index < -0.39 is 0 Å². The minimum Gasteiger partial charge on any atom is -0.398 e. The predicted octanol–water partition coefficient (Wildman–Crippen LogP) is 4.29. The molecule has 4 nitrogen and oxygen atoms in total. The van der Waals surface area contributed by atoms with Crippen molar-refractivity contribution in [2.75, 3.05) is 5.73 Å². The Morgan fingerprint density at radius 2 is 1.85 bits per heavy atom. The molecule has 2 aromatic carbocycles. The van der Waals surface area contributed by atoms with Crippen LogP contribution in [0, 0.1) is 0 Å². The number of nitrogens with two attached hydrogens (primary N) is 1. The first-order valence-corrected chi connectivity index (χ1v) is 6.54. The predicted molar refractivity (Wildman–Crippen MR) is 79.6 cm³/mol. The van der Waals surface area contributed by atoms with Crippen molar-refractivity contribution in [2.45, 2.75) is 0 Å². The van der Waals surface area contributed by atoms with Gasteiger partial charge in [-0.3, -0.25) is 0 Å². The summed E-state index contributed by atoms with van der Waals surface area (Å²) in [5, 5.41) is 5.00. The number of anilines is 1. The fourth-order valence-electron chi connectivity index (χ4n) is 1.75. The van der Waals surface area contributed by atoms with Gasteiger partial charge in [-0.15, -0.1) is 0 Å². The van der Waals surface area contributed by atoms with E-state index in [4.69, 9.17) is 33.5 Å². The average molecular weight is 306 g/mol. The van der Waals surface area contributed by atoms with Gasteiger partial charge in [0.05, 0.1) is 10.7 Å². The lowest BCUT2D eigenvalue weighted by Crippen LogP contribution is -1.86. The number of rotatable bonds is 2. The molecule has 0 bridgehead atoms. The summed E-state index contributed by atoms with van der Waals surface area (Å²) in [7, 11) is 0. The third kappa shape index (κ3) is 2.48. The monoisotopic (exact) mass is 305 g/mol. The molecule has 0 radical (unpaired) electrons. The lowest BCUT2D eigenvalue weighted by molar-refractivity contribution is 0.432. The normalized spacial score (nSPS) is 10.7. The standard InChI is InChI=1S/C14H9Cl2N3O/c15-10-3-1-2-8(6-10)13-18-14(20-19-13)9-4-5-12(17)11(16)7-9/h1-7H,17H2. The number of nitrogens with zero attached hydrogens (tertiary/aromatic N) is 2. The van der Waals surface area contributed by atoms with Crippen LogP contribution >= 0.6 is 23.2 Å². The van der Waals surface area contributed by atoms with Gasteiger partial charge in [-0.25, -0.2) is 0 Å². The quantitative estimate of drug-likeness (QED) is 0.717. The molecule has 1 heterocycles. The zero-order valence-electron chi connectivity index (χ0n) is 10.2. The Labute approximate surface area is 125 Å². The first kappa shape index (κ1) is 13.0. The Kier molecular flexibility index (Phi) is 3.34. The Morgan fingerprint density at radius 3 is 2.60 bits per heavy atom. The van der Waals surface area contributed by atoms with E-state index in [-0.39, 0.29) is 0 Å². The second-order valence-corrected chi connectivity index (χ2v) is 5.01. The van der Waals surface area contributed by atoms with Crippen LogP contribution in [0.15, 0.2) is 47.0 Å². The number of halogens is 2. The molecule has 0 aliphatic heterocycles. The van der Waals surface area contributed by atoms with Crippen LogP contribution in [0.5, 0.6) is 0 Å². The summed E-state index contributed by atoms with van der Waals surface area (Å²) in [6.07, 6.45) is 0. The molecule has 3 aromatic rings. The van der Waals surface area contributed by atoms with E-state index in [9.17, 15) is 0 Å². The Hall–Kier alpha value is -2.04. The molecule has 0 aliphatic rings. The van der Waals surface area contributed by atoms with Crippen LogP contribution in [0.3, 0.4) is 0 Å². The minimum atomic E-state index is 0.377. The van der Waals surface area contributed by atoms with Gasteiger partial charge in [0.15, 0.2) is 0 Å². The molecule has 0 fully saturated rings. The summed E-state index contributed by atoms with van der Waals surface area (Å²) in [6.45, 7) is 0. The number of benzene rings is 2. The Balaban J connectivity index is 1.99. The number of hydrogen-bond acceptors (Lipinski definition) is 4. The molecular formula is C14H9Cl2N3O. The van der Waals surface area contributed by atoms with Crippen LogP contribution in [0.2, 0.25) is 10.0 Å². The summed E-state index contributed by atoms with van der Waals surface area (Å²) in [4.78, 5) is 4.33. The summed E-state index contributed by atoms with van der Waals surface area (Å²) < 4.78 is 5.24. The minimum absolute atomic E-state index is 0.377. The van der Waals surface area contributed by atoms with Crippen molar-refractivity contribution in [1.82, 2.24) is 10.1 Å². The zero-order valence-corrected chi connectivity index (χ0v) is 11.7. The van der Waals surface area contributed by atoms with Crippen LogP contribution in [0.25, 0.3) is 22.8 Å². The maximum atomic E-state index is 5.98. The smallest absolute Gasteiger partial charge is 0.258 e. The van der Waals surface area contributed by atoms with Gasteiger partial charge in [0, 0.05) is 16.1 Å².